The minimum atomic E-state index is 0.276. The summed E-state index contributed by atoms with van der Waals surface area (Å²) in [6.07, 6.45) is 4.90. The predicted octanol–water partition coefficient (Wildman–Crippen LogP) is 2.87. The second-order valence-electron chi connectivity index (χ2n) is 5.56. The molecule has 1 atom stereocenters. The third-order valence-corrected chi connectivity index (χ3v) is 4.22. The summed E-state index contributed by atoms with van der Waals surface area (Å²) in [7, 11) is 0. The largest absolute Gasteiger partial charge is 0.361 e. The Morgan fingerprint density at radius 1 is 1.47 bits per heavy atom. The number of nitrogens with zero attached hydrogens (tertiary/aromatic N) is 2. The van der Waals surface area contributed by atoms with Gasteiger partial charge in [0.2, 0.25) is 5.91 Å². The molecule has 1 unspecified atom stereocenters. The quantitative estimate of drug-likeness (QED) is 0.840. The maximum Gasteiger partial charge on any atom is 0.222 e. The van der Waals surface area contributed by atoms with Crippen molar-refractivity contribution in [2.24, 2.45) is 5.92 Å². The summed E-state index contributed by atoms with van der Waals surface area (Å²) in [4.78, 5) is 14.3. The van der Waals surface area contributed by atoms with Gasteiger partial charge in [0, 0.05) is 25.1 Å². The lowest BCUT2D eigenvalue weighted by atomic mass is 9.95. The molecule has 1 aromatic heterocycles. The van der Waals surface area contributed by atoms with Crippen LogP contribution in [0.4, 0.5) is 0 Å². The number of aromatic nitrogens is 1. The second-order valence-corrected chi connectivity index (χ2v) is 5.56. The van der Waals surface area contributed by atoms with Crippen molar-refractivity contribution in [3.05, 3.63) is 17.0 Å². The molecule has 4 heteroatoms. The van der Waals surface area contributed by atoms with E-state index in [0.717, 1.165) is 42.9 Å². The molecule has 1 aliphatic heterocycles. The number of rotatable bonds is 4. The first-order chi connectivity index (χ1) is 9.11. The van der Waals surface area contributed by atoms with Gasteiger partial charge in [-0.2, -0.15) is 0 Å². The molecule has 1 saturated heterocycles. The average molecular weight is 264 g/mol. The van der Waals surface area contributed by atoms with E-state index in [4.69, 9.17) is 4.52 Å². The number of aryl methyl sites for hydroxylation is 2. The third kappa shape index (κ3) is 3.37. The highest BCUT2D eigenvalue weighted by Crippen LogP contribution is 2.21. The smallest absolute Gasteiger partial charge is 0.222 e. The number of carbonyl (C=O) groups is 1. The molecule has 0 aliphatic carbocycles. The molecule has 2 heterocycles. The van der Waals surface area contributed by atoms with Crippen LogP contribution in [-0.4, -0.2) is 29.1 Å². The first kappa shape index (κ1) is 14.1. The highest BCUT2D eigenvalue weighted by atomic mass is 16.5. The predicted molar refractivity (Wildman–Crippen MR) is 73.9 cm³/mol. The summed E-state index contributed by atoms with van der Waals surface area (Å²) in [6.45, 7) is 7.93. The maximum absolute atomic E-state index is 12.3. The number of hydrogen-bond donors (Lipinski definition) is 0. The van der Waals surface area contributed by atoms with E-state index >= 15 is 0 Å². The Labute approximate surface area is 115 Å². The molecule has 2 rings (SSSR count). The molecule has 4 nitrogen and oxygen atoms in total. The van der Waals surface area contributed by atoms with Crippen molar-refractivity contribution in [3.63, 3.8) is 0 Å². The molecule has 0 aromatic carbocycles. The highest BCUT2D eigenvalue weighted by Gasteiger charge is 2.22. The number of piperidine rings is 1. The first-order valence-electron chi connectivity index (χ1n) is 7.31. The molecular formula is C15H24N2O2. The fourth-order valence-corrected chi connectivity index (χ4v) is 2.87. The molecule has 0 N–H and O–H groups in total. The Bertz CT molecular complexity index is 420. The molecule has 0 saturated carbocycles. The van der Waals surface area contributed by atoms with Crippen LogP contribution in [0.1, 0.15) is 49.6 Å². The van der Waals surface area contributed by atoms with Crippen molar-refractivity contribution in [1.82, 2.24) is 10.1 Å². The van der Waals surface area contributed by atoms with Gasteiger partial charge in [0.25, 0.3) is 0 Å². The average Bonchev–Trinajstić information content (AvgIpc) is 2.75. The third-order valence-electron chi connectivity index (χ3n) is 4.22. The van der Waals surface area contributed by atoms with Gasteiger partial charge < -0.3 is 9.42 Å². The van der Waals surface area contributed by atoms with E-state index in [1.807, 2.05) is 18.7 Å². The van der Waals surface area contributed by atoms with Crippen LogP contribution in [0.25, 0.3) is 0 Å². The van der Waals surface area contributed by atoms with Crippen molar-refractivity contribution in [1.29, 1.82) is 0 Å². The Balaban J connectivity index is 1.87. The summed E-state index contributed by atoms with van der Waals surface area (Å²) in [6, 6.07) is 0. The standard InChI is InChI=1S/C15H24N2O2/c1-4-13-6-5-9-17(10-13)15(18)8-7-14-11(2)16-19-12(14)3/h13H,4-10H2,1-3H3. The fraction of sp³-hybridized carbons (Fsp3) is 0.733. The maximum atomic E-state index is 12.3. The minimum absolute atomic E-state index is 0.276. The van der Waals surface area contributed by atoms with Crippen LogP contribution in [0, 0.1) is 19.8 Å². The first-order valence-corrected chi connectivity index (χ1v) is 7.31. The fourth-order valence-electron chi connectivity index (χ4n) is 2.87. The Morgan fingerprint density at radius 3 is 2.89 bits per heavy atom. The van der Waals surface area contributed by atoms with E-state index in [2.05, 4.69) is 12.1 Å². The molecule has 0 radical (unpaired) electrons. The SMILES string of the molecule is CCC1CCCN(C(=O)CCc2c(C)noc2C)C1. The lowest BCUT2D eigenvalue weighted by molar-refractivity contribution is -0.133. The van der Waals surface area contributed by atoms with Gasteiger partial charge in [-0.1, -0.05) is 18.5 Å². The van der Waals surface area contributed by atoms with Crippen molar-refractivity contribution >= 4 is 5.91 Å². The Hall–Kier alpha value is -1.32. The van der Waals surface area contributed by atoms with Crippen molar-refractivity contribution < 1.29 is 9.32 Å². The van der Waals surface area contributed by atoms with E-state index < -0.39 is 0 Å². The number of hydrogen-bond acceptors (Lipinski definition) is 3. The van der Waals surface area contributed by atoms with E-state index in [1.165, 1.54) is 12.8 Å². The summed E-state index contributed by atoms with van der Waals surface area (Å²) < 4.78 is 5.13. The molecule has 0 spiro atoms. The zero-order valence-electron chi connectivity index (χ0n) is 12.2. The number of carbonyl (C=O) groups excluding carboxylic acids is 1. The molecule has 1 aliphatic rings. The van der Waals surface area contributed by atoms with Gasteiger partial charge in [-0.25, -0.2) is 0 Å². The van der Waals surface area contributed by atoms with Gasteiger partial charge in [-0.05, 0) is 39.0 Å². The zero-order valence-corrected chi connectivity index (χ0v) is 12.2. The summed E-state index contributed by atoms with van der Waals surface area (Å²) in [5, 5.41) is 3.93. The van der Waals surface area contributed by atoms with Crippen LogP contribution < -0.4 is 0 Å². The summed E-state index contributed by atoms with van der Waals surface area (Å²) in [5.74, 6) is 1.81. The van der Waals surface area contributed by atoms with Gasteiger partial charge >= 0.3 is 0 Å². The normalized spacial score (nSPS) is 19.7. The van der Waals surface area contributed by atoms with Gasteiger partial charge in [-0.3, -0.25) is 4.79 Å². The molecule has 0 bridgehead atoms. The van der Waals surface area contributed by atoms with Crippen molar-refractivity contribution in [3.8, 4) is 0 Å². The second kappa shape index (κ2) is 6.22. The topological polar surface area (TPSA) is 46.3 Å². The highest BCUT2D eigenvalue weighted by molar-refractivity contribution is 5.76. The van der Waals surface area contributed by atoms with Crippen molar-refractivity contribution in [2.75, 3.05) is 13.1 Å². The van der Waals surface area contributed by atoms with Crippen LogP contribution in [-0.2, 0) is 11.2 Å². The van der Waals surface area contributed by atoms with Gasteiger partial charge in [-0.15, -0.1) is 0 Å². The molecule has 1 amide bonds. The van der Waals surface area contributed by atoms with E-state index in [9.17, 15) is 4.79 Å². The molecular weight excluding hydrogens is 240 g/mol. The number of amides is 1. The Kier molecular flexibility index (Phi) is 4.61. The lowest BCUT2D eigenvalue weighted by Gasteiger charge is -2.32. The van der Waals surface area contributed by atoms with Crippen LogP contribution in [0.3, 0.4) is 0 Å². The summed E-state index contributed by atoms with van der Waals surface area (Å²) in [5.41, 5.74) is 2.01. The minimum Gasteiger partial charge on any atom is -0.361 e. The van der Waals surface area contributed by atoms with Gasteiger partial charge in [0.05, 0.1) is 5.69 Å². The molecule has 1 fully saturated rings. The van der Waals surface area contributed by atoms with Crippen LogP contribution >= 0.6 is 0 Å². The number of likely N-dealkylation sites (tertiary alicyclic amines) is 1. The molecule has 106 valence electrons. The summed E-state index contributed by atoms with van der Waals surface area (Å²) >= 11 is 0. The van der Waals surface area contributed by atoms with E-state index in [-0.39, 0.29) is 5.91 Å². The zero-order chi connectivity index (χ0) is 13.8. The lowest BCUT2D eigenvalue weighted by Crippen LogP contribution is -2.39. The van der Waals surface area contributed by atoms with Gasteiger partial charge in [0.15, 0.2) is 0 Å². The van der Waals surface area contributed by atoms with Crippen LogP contribution in [0.2, 0.25) is 0 Å². The van der Waals surface area contributed by atoms with E-state index in [1.54, 1.807) is 0 Å². The van der Waals surface area contributed by atoms with Crippen molar-refractivity contribution in [2.45, 2.75) is 52.9 Å². The van der Waals surface area contributed by atoms with Crippen LogP contribution in [0.5, 0.6) is 0 Å². The Morgan fingerprint density at radius 2 is 2.26 bits per heavy atom. The van der Waals surface area contributed by atoms with Gasteiger partial charge in [0.1, 0.15) is 5.76 Å². The molecule has 19 heavy (non-hydrogen) atoms. The molecule has 1 aromatic rings. The van der Waals surface area contributed by atoms with E-state index in [0.29, 0.717) is 12.3 Å². The van der Waals surface area contributed by atoms with Crippen LogP contribution in [0.15, 0.2) is 4.52 Å². The monoisotopic (exact) mass is 264 g/mol.